The SMILES string of the molecule is COC(=O)[C@H]1CC[C@H]1C(=O)OC.COC(=O)[C@H]1CC[C@H]1C(=O)OC. The highest BCUT2D eigenvalue weighted by Gasteiger charge is 2.43. The zero-order valence-corrected chi connectivity index (χ0v) is 14.4. The lowest BCUT2D eigenvalue weighted by molar-refractivity contribution is -0.164. The van der Waals surface area contributed by atoms with Crippen LogP contribution in [0.5, 0.6) is 0 Å². The van der Waals surface area contributed by atoms with E-state index in [0.717, 1.165) is 25.7 Å². The maximum absolute atomic E-state index is 11.0. The van der Waals surface area contributed by atoms with Crippen LogP contribution in [-0.2, 0) is 38.1 Å². The molecule has 0 unspecified atom stereocenters. The predicted molar refractivity (Wildman–Crippen MR) is 80.5 cm³/mol. The second-order valence-electron chi connectivity index (χ2n) is 5.67. The first-order chi connectivity index (χ1) is 11.4. The smallest absolute Gasteiger partial charge is 0.309 e. The lowest BCUT2D eigenvalue weighted by atomic mass is 9.74. The van der Waals surface area contributed by atoms with Gasteiger partial charge in [0, 0.05) is 0 Å². The molecule has 0 spiro atoms. The molecule has 2 rings (SSSR count). The van der Waals surface area contributed by atoms with Crippen molar-refractivity contribution < 1.29 is 38.1 Å². The van der Waals surface area contributed by atoms with Gasteiger partial charge >= 0.3 is 23.9 Å². The maximum atomic E-state index is 11.0. The van der Waals surface area contributed by atoms with Crippen molar-refractivity contribution >= 4 is 23.9 Å². The number of ether oxygens (including phenoxy) is 4. The number of carbonyl (C=O) groups is 4. The highest BCUT2D eigenvalue weighted by Crippen LogP contribution is 2.36. The molecule has 24 heavy (non-hydrogen) atoms. The summed E-state index contributed by atoms with van der Waals surface area (Å²) in [4.78, 5) is 44.0. The fraction of sp³-hybridized carbons (Fsp3) is 0.750. The first kappa shape index (κ1) is 19.9. The van der Waals surface area contributed by atoms with Crippen molar-refractivity contribution in [3.63, 3.8) is 0 Å². The van der Waals surface area contributed by atoms with E-state index in [9.17, 15) is 19.2 Å². The van der Waals surface area contributed by atoms with Crippen molar-refractivity contribution in [3.8, 4) is 0 Å². The molecule has 0 radical (unpaired) electrons. The molecule has 0 amide bonds. The van der Waals surface area contributed by atoms with Gasteiger partial charge in [-0.15, -0.1) is 0 Å². The van der Waals surface area contributed by atoms with Gasteiger partial charge in [-0.1, -0.05) is 0 Å². The minimum Gasteiger partial charge on any atom is -0.469 e. The number of hydrogen-bond acceptors (Lipinski definition) is 8. The van der Waals surface area contributed by atoms with E-state index in [1.807, 2.05) is 0 Å². The second kappa shape index (κ2) is 9.24. The summed E-state index contributed by atoms with van der Waals surface area (Å²) in [6, 6.07) is 0. The van der Waals surface area contributed by atoms with E-state index in [1.54, 1.807) is 0 Å². The monoisotopic (exact) mass is 344 g/mol. The normalized spacial score (nSPS) is 27.2. The number of hydrogen-bond donors (Lipinski definition) is 0. The summed E-state index contributed by atoms with van der Waals surface area (Å²) in [6.45, 7) is 0. The van der Waals surface area contributed by atoms with Gasteiger partial charge < -0.3 is 18.9 Å². The molecule has 0 aliphatic heterocycles. The Kier molecular flexibility index (Phi) is 7.67. The fourth-order valence-electron chi connectivity index (χ4n) is 2.73. The standard InChI is InChI=1S/2C8H12O4/c2*1-11-7(9)5-3-4-6(5)8(10)12-2/h2*5-6H,3-4H2,1-2H3/t2*5-,6+. The third-order valence-electron chi connectivity index (χ3n) is 4.56. The molecule has 2 aliphatic carbocycles. The highest BCUT2D eigenvalue weighted by molar-refractivity contribution is 5.84. The molecule has 0 bridgehead atoms. The molecule has 0 N–H and O–H groups in total. The van der Waals surface area contributed by atoms with E-state index < -0.39 is 0 Å². The summed E-state index contributed by atoms with van der Waals surface area (Å²) in [5.74, 6) is -2.34. The molecule has 0 saturated heterocycles. The zero-order valence-electron chi connectivity index (χ0n) is 14.4. The summed E-state index contributed by atoms with van der Waals surface area (Å²) < 4.78 is 18.1. The van der Waals surface area contributed by atoms with Crippen LogP contribution in [0.15, 0.2) is 0 Å². The molecule has 0 aromatic carbocycles. The van der Waals surface area contributed by atoms with E-state index in [4.69, 9.17) is 0 Å². The van der Waals surface area contributed by atoms with Crippen LogP contribution < -0.4 is 0 Å². The van der Waals surface area contributed by atoms with E-state index in [-0.39, 0.29) is 47.5 Å². The summed E-state index contributed by atoms with van der Waals surface area (Å²) in [7, 11) is 5.31. The van der Waals surface area contributed by atoms with Crippen LogP contribution in [0.3, 0.4) is 0 Å². The second-order valence-corrected chi connectivity index (χ2v) is 5.67. The van der Waals surface area contributed by atoms with Gasteiger partial charge in [-0.3, -0.25) is 19.2 Å². The Morgan fingerprint density at radius 3 is 0.750 bits per heavy atom. The summed E-state index contributed by atoms with van der Waals surface area (Å²) in [6.07, 6.45) is 2.91. The van der Waals surface area contributed by atoms with Crippen LogP contribution in [0.25, 0.3) is 0 Å². The predicted octanol–water partition coefficient (Wildman–Crippen LogP) is 0.717. The van der Waals surface area contributed by atoms with E-state index in [2.05, 4.69) is 18.9 Å². The van der Waals surface area contributed by atoms with E-state index >= 15 is 0 Å². The Balaban J connectivity index is 0.000000240. The van der Waals surface area contributed by atoms with Crippen LogP contribution in [0.2, 0.25) is 0 Å². The van der Waals surface area contributed by atoms with Crippen molar-refractivity contribution in [1.82, 2.24) is 0 Å². The third kappa shape index (κ3) is 4.46. The van der Waals surface area contributed by atoms with Gasteiger partial charge in [0.2, 0.25) is 0 Å². The van der Waals surface area contributed by atoms with Crippen LogP contribution >= 0.6 is 0 Å². The summed E-state index contributed by atoms with van der Waals surface area (Å²) in [5.41, 5.74) is 0. The van der Waals surface area contributed by atoms with Crippen molar-refractivity contribution in [3.05, 3.63) is 0 Å². The minimum atomic E-state index is -0.309. The molecule has 8 heteroatoms. The molecule has 2 saturated carbocycles. The molecular formula is C16H24O8. The molecule has 136 valence electrons. The Hall–Kier alpha value is -2.12. The molecule has 4 atom stereocenters. The average Bonchev–Trinajstić information content (AvgIpc) is 2.52. The van der Waals surface area contributed by atoms with Crippen LogP contribution in [0.1, 0.15) is 25.7 Å². The lowest BCUT2D eigenvalue weighted by Gasteiger charge is -2.31. The minimum absolute atomic E-state index is 0.276. The van der Waals surface area contributed by atoms with Gasteiger partial charge in [0.15, 0.2) is 0 Å². The topological polar surface area (TPSA) is 105 Å². The Morgan fingerprint density at radius 2 is 0.667 bits per heavy atom. The first-order valence-electron chi connectivity index (χ1n) is 7.72. The molecule has 2 fully saturated rings. The summed E-state index contributed by atoms with van der Waals surface area (Å²) in [5, 5.41) is 0. The number of carbonyl (C=O) groups excluding carboxylic acids is 4. The van der Waals surface area contributed by atoms with Crippen LogP contribution in [-0.4, -0.2) is 52.3 Å². The molecule has 0 aromatic heterocycles. The largest absolute Gasteiger partial charge is 0.469 e. The Labute approximate surface area is 140 Å². The van der Waals surface area contributed by atoms with Gasteiger partial charge in [0.1, 0.15) is 0 Å². The first-order valence-corrected chi connectivity index (χ1v) is 7.72. The van der Waals surface area contributed by atoms with Crippen molar-refractivity contribution in [2.75, 3.05) is 28.4 Å². The fourth-order valence-corrected chi connectivity index (χ4v) is 2.73. The maximum Gasteiger partial charge on any atom is 0.309 e. The number of methoxy groups -OCH3 is 4. The van der Waals surface area contributed by atoms with Crippen LogP contribution in [0.4, 0.5) is 0 Å². The number of esters is 4. The molecule has 0 aromatic rings. The quantitative estimate of drug-likeness (QED) is 0.542. The van der Waals surface area contributed by atoms with Crippen molar-refractivity contribution in [1.29, 1.82) is 0 Å². The van der Waals surface area contributed by atoms with E-state index in [1.165, 1.54) is 28.4 Å². The molecule has 0 heterocycles. The summed E-state index contributed by atoms with van der Waals surface area (Å²) >= 11 is 0. The number of rotatable bonds is 4. The van der Waals surface area contributed by atoms with Crippen LogP contribution in [0, 0.1) is 23.7 Å². The zero-order chi connectivity index (χ0) is 18.3. The third-order valence-corrected chi connectivity index (χ3v) is 4.56. The van der Waals surface area contributed by atoms with Gasteiger partial charge in [0.05, 0.1) is 52.1 Å². The van der Waals surface area contributed by atoms with Gasteiger partial charge in [-0.05, 0) is 25.7 Å². The lowest BCUT2D eigenvalue weighted by Crippen LogP contribution is -2.39. The van der Waals surface area contributed by atoms with Gasteiger partial charge in [0.25, 0.3) is 0 Å². The Morgan fingerprint density at radius 1 is 0.500 bits per heavy atom. The van der Waals surface area contributed by atoms with Gasteiger partial charge in [-0.25, -0.2) is 0 Å². The van der Waals surface area contributed by atoms with E-state index in [0.29, 0.717) is 0 Å². The van der Waals surface area contributed by atoms with Crippen molar-refractivity contribution in [2.45, 2.75) is 25.7 Å². The molecule has 8 nitrogen and oxygen atoms in total. The average molecular weight is 344 g/mol. The molecule has 2 aliphatic rings. The Bertz CT molecular complexity index is 398. The molecular weight excluding hydrogens is 320 g/mol. The highest BCUT2D eigenvalue weighted by atomic mass is 16.5. The van der Waals surface area contributed by atoms with Crippen molar-refractivity contribution in [2.24, 2.45) is 23.7 Å². The van der Waals surface area contributed by atoms with Gasteiger partial charge in [-0.2, -0.15) is 0 Å².